The van der Waals surface area contributed by atoms with Gasteiger partial charge in [0.1, 0.15) is 5.92 Å². The Morgan fingerprint density at radius 2 is 2.14 bits per heavy atom. The van der Waals surface area contributed by atoms with E-state index in [1.54, 1.807) is 24.3 Å². The Morgan fingerprint density at radius 1 is 1.38 bits per heavy atom. The van der Waals surface area contributed by atoms with Crippen LogP contribution in [0.25, 0.3) is 0 Å². The number of carbonyl (C=O) groups is 1. The number of anilines is 1. The van der Waals surface area contributed by atoms with Crippen LogP contribution in [-0.2, 0) is 19.6 Å². The van der Waals surface area contributed by atoms with Gasteiger partial charge in [-0.25, -0.2) is 8.42 Å². The second kappa shape index (κ2) is 5.31. The van der Waals surface area contributed by atoms with Crippen molar-refractivity contribution in [3.8, 4) is 0 Å². The van der Waals surface area contributed by atoms with Crippen molar-refractivity contribution in [1.82, 2.24) is 0 Å². The molecule has 1 fully saturated rings. The Hall–Kier alpha value is -1.60. The normalized spacial score (nSPS) is 25.0. The lowest BCUT2D eigenvalue weighted by molar-refractivity contribution is -0.138. The van der Waals surface area contributed by atoms with E-state index in [2.05, 4.69) is 0 Å². The van der Waals surface area contributed by atoms with Gasteiger partial charge in [-0.1, -0.05) is 18.2 Å². The zero-order valence-corrected chi connectivity index (χ0v) is 12.3. The monoisotopic (exact) mass is 311 g/mol. The van der Waals surface area contributed by atoms with Crippen LogP contribution in [0.2, 0.25) is 0 Å². The van der Waals surface area contributed by atoms with Crippen LogP contribution in [0.3, 0.4) is 0 Å². The van der Waals surface area contributed by atoms with E-state index in [0.29, 0.717) is 17.9 Å². The number of rotatable bonds is 4. The zero-order chi connectivity index (χ0) is 15.0. The Kier molecular flexibility index (Phi) is 3.62. The third kappa shape index (κ3) is 2.63. The standard InChI is InChI=1S/C14H17NO5S/c16-14(17)12-8-15(13-6-2-1-5-11(12)13)21(18,19)9-10-4-3-7-20-10/h1-2,5-6,10,12H,3-4,7-9H2,(H,16,17). The average Bonchev–Trinajstić information content (AvgIpc) is 3.04. The van der Waals surface area contributed by atoms with Crippen molar-refractivity contribution in [2.75, 3.05) is 23.2 Å². The minimum atomic E-state index is -3.58. The van der Waals surface area contributed by atoms with Crippen LogP contribution in [-0.4, -0.2) is 44.5 Å². The molecule has 2 unspecified atom stereocenters. The highest BCUT2D eigenvalue weighted by Gasteiger charge is 2.40. The van der Waals surface area contributed by atoms with Crippen molar-refractivity contribution in [3.63, 3.8) is 0 Å². The lowest BCUT2D eigenvalue weighted by Gasteiger charge is -2.21. The number of aliphatic carboxylic acids is 1. The van der Waals surface area contributed by atoms with E-state index < -0.39 is 21.9 Å². The predicted octanol–water partition coefficient (Wildman–Crippen LogP) is 1.18. The summed E-state index contributed by atoms with van der Waals surface area (Å²) < 4.78 is 31.8. The van der Waals surface area contributed by atoms with Gasteiger partial charge in [0.15, 0.2) is 0 Å². The Balaban J connectivity index is 1.90. The van der Waals surface area contributed by atoms with Gasteiger partial charge in [-0.05, 0) is 24.5 Å². The molecule has 2 aliphatic heterocycles. The van der Waals surface area contributed by atoms with E-state index in [1.807, 2.05) is 0 Å². The van der Waals surface area contributed by atoms with Crippen molar-refractivity contribution in [2.45, 2.75) is 24.9 Å². The largest absolute Gasteiger partial charge is 0.481 e. The van der Waals surface area contributed by atoms with Crippen molar-refractivity contribution >= 4 is 21.7 Å². The summed E-state index contributed by atoms with van der Waals surface area (Å²) in [5, 5.41) is 9.28. The number of benzene rings is 1. The van der Waals surface area contributed by atoms with Crippen molar-refractivity contribution in [2.24, 2.45) is 0 Å². The van der Waals surface area contributed by atoms with E-state index in [1.165, 1.54) is 4.31 Å². The summed E-state index contributed by atoms with van der Waals surface area (Å²) >= 11 is 0. The quantitative estimate of drug-likeness (QED) is 0.903. The molecular formula is C14H17NO5S. The summed E-state index contributed by atoms with van der Waals surface area (Å²) in [5.74, 6) is -1.90. The molecule has 1 aromatic rings. The van der Waals surface area contributed by atoms with Gasteiger partial charge in [0, 0.05) is 6.61 Å². The van der Waals surface area contributed by atoms with Crippen LogP contribution in [0.15, 0.2) is 24.3 Å². The van der Waals surface area contributed by atoms with Gasteiger partial charge < -0.3 is 9.84 Å². The lowest BCUT2D eigenvalue weighted by Crippen LogP contribution is -2.36. The number of hydrogen-bond acceptors (Lipinski definition) is 4. The van der Waals surface area contributed by atoms with Crippen LogP contribution in [0.5, 0.6) is 0 Å². The van der Waals surface area contributed by atoms with Gasteiger partial charge in [0.2, 0.25) is 10.0 Å². The summed E-state index contributed by atoms with van der Waals surface area (Å²) in [4.78, 5) is 11.3. The van der Waals surface area contributed by atoms with Gasteiger partial charge in [0.05, 0.1) is 24.1 Å². The fraction of sp³-hybridized carbons (Fsp3) is 0.500. The number of ether oxygens (including phenoxy) is 1. The molecule has 1 aromatic carbocycles. The maximum Gasteiger partial charge on any atom is 0.312 e. The van der Waals surface area contributed by atoms with Crippen molar-refractivity contribution in [1.29, 1.82) is 0 Å². The molecule has 3 rings (SSSR count). The third-order valence-electron chi connectivity index (χ3n) is 3.98. The molecular weight excluding hydrogens is 294 g/mol. The van der Waals surface area contributed by atoms with E-state index in [4.69, 9.17) is 4.74 Å². The number of fused-ring (bicyclic) bond motifs is 1. The van der Waals surface area contributed by atoms with E-state index in [-0.39, 0.29) is 18.4 Å². The molecule has 0 aromatic heterocycles. The van der Waals surface area contributed by atoms with Crippen molar-refractivity contribution in [3.05, 3.63) is 29.8 Å². The smallest absolute Gasteiger partial charge is 0.312 e. The number of carboxylic acids is 1. The van der Waals surface area contributed by atoms with Gasteiger partial charge in [-0.2, -0.15) is 0 Å². The van der Waals surface area contributed by atoms with Gasteiger partial charge >= 0.3 is 5.97 Å². The number of sulfonamides is 1. The summed E-state index contributed by atoms with van der Waals surface area (Å²) in [6.07, 6.45) is 1.32. The molecule has 21 heavy (non-hydrogen) atoms. The maximum atomic E-state index is 12.6. The summed E-state index contributed by atoms with van der Waals surface area (Å²) in [7, 11) is -3.58. The number of para-hydroxylation sites is 1. The average molecular weight is 311 g/mol. The Labute approximate surface area is 123 Å². The first-order valence-corrected chi connectivity index (χ1v) is 8.54. The highest BCUT2D eigenvalue weighted by atomic mass is 32.2. The summed E-state index contributed by atoms with van der Waals surface area (Å²) in [6.45, 7) is 0.554. The predicted molar refractivity (Wildman–Crippen MR) is 76.9 cm³/mol. The lowest BCUT2D eigenvalue weighted by atomic mass is 10.0. The number of hydrogen-bond donors (Lipinski definition) is 1. The van der Waals surface area contributed by atoms with Crippen molar-refractivity contribution < 1.29 is 23.1 Å². The number of nitrogens with zero attached hydrogens (tertiary/aromatic N) is 1. The molecule has 1 N–H and O–H groups in total. The fourth-order valence-electron chi connectivity index (χ4n) is 2.95. The summed E-state index contributed by atoms with van der Waals surface area (Å²) in [5.41, 5.74) is 1.03. The molecule has 114 valence electrons. The molecule has 0 aliphatic carbocycles. The first-order chi connectivity index (χ1) is 9.99. The first kappa shape index (κ1) is 14.3. The minimum absolute atomic E-state index is 0.0380. The molecule has 2 aliphatic rings. The Morgan fingerprint density at radius 3 is 2.81 bits per heavy atom. The topological polar surface area (TPSA) is 83.9 Å². The Bertz CT molecular complexity index is 651. The van der Waals surface area contributed by atoms with Crippen LogP contribution in [0.1, 0.15) is 24.3 Å². The molecule has 2 atom stereocenters. The highest BCUT2D eigenvalue weighted by Crippen LogP contribution is 2.38. The maximum absolute atomic E-state index is 12.6. The zero-order valence-electron chi connectivity index (χ0n) is 11.4. The minimum Gasteiger partial charge on any atom is -0.481 e. The second-order valence-electron chi connectivity index (χ2n) is 5.39. The highest BCUT2D eigenvalue weighted by molar-refractivity contribution is 7.92. The molecule has 2 heterocycles. The first-order valence-electron chi connectivity index (χ1n) is 6.93. The molecule has 0 saturated carbocycles. The molecule has 1 saturated heterocycles. The molecule has 0 bridgehead atoms. The molecule has 7 heteroatoms. The van der Waals surface area contributed by atoms with Gasteiger partial charge in [-0.15, -0.1) is 0 Å². The molecule has 6 nitrogen and oxygen atoms in total. The fourth-order valence-corrected chi connectivity index (χ4v) is 4.70. The van der Waals surface area contributed by atoms with Gasteiger partial charge in [-0.3, -0.25) is 9.10 Å². The molecule has 0 spiro atoms. The third-order valence-corrected chi connectivity index (χ3v) is 5.79. The van der Waals surface area contributed by atoms with Crippen LogP contribution >= 0.6 is 0 Å². The van der Waals surface area contributed by atoms with E-state index in [0.717, 1.165) is 12.8 Å². The molecule has 0 amide bonds. The van der Waals surface area contributed by atoms with E-state index >= 15 is 0 Å². The molecule has 0 radical (unpaired) electrons. The van der Waals surface area contributed by atoms with Crippen LogP contribution in [0.4, 0.5) is 5.69 Å². The summed E-state index contributed by atoms with van der Waals surface area (Å²) in [6, 6.07) is 6.78. The number of carboxylic acid groups (broad SMARTS) is 1. The van der Waals surface area contributed by atoms with Crippen LogP contribution in [0, 0.1) is 0 Å². The van der Waals surface area contributed by atoms with Crippen LogP contribution < -0.4 is 4.31 Å². The SMILES string of the molecule is O=C(O)C1CN(S(=O)(=O)CC2CCCO2)c2ccccc21. The second-order valence-corrected chi connectivity index (χ2v) is 7.33. The van der Waals surface area contributed by atoms with E-state index in [9.17, 15) is 18.3 Å². The van der Waals surface area contributed by atoms with Gasteiger partial charge in [0.25, 0.3) is 0 Å².